The molecular weight excluding hydrogens is 304 g/mol. The molecule has 0 saturated heterocycles. The van der Waals surface area contributed by atoms with Crippen LogP contribution in [0.3, 0.4) is 0 Å². The number of anilines is 2. The second kappa shape index (κ2) is 5.73. The number of para-hydroxylation sites is 1. The Hall–Kier alpha value is -3.28. The van der Waals surface area contributed by atoms with Crippen molar-refractivity contribution >= 4 is 23.2 Å². The molecule has 0 radical (unpaired) electrons. The van der Waals surface area contributed by atoms with Gasteiger partial charge in [0.25, 0.3) is 0 Å². The number of carbonyl (C=O) groups is 1. The Kier molecular flexibility index (Phi) is 3.42. The van der Waals surface area contributed by atoms with Gasteiger partial charge in [-0.25, -0.2) is 9.78 Å². The maximum absolute atomic E-state index is 12.1. The highest BCUT2D eigenvalue weighted by Crippen LogP contribution is 2.34. The van der Waals surface area contributed by atoms with Crippen LogP contribution in [0.4, 0.5) is 11.5 Å². The van der Waals surface area contributed by atoms with E-state index in [0.717, 1.165) is 28.2 Å². The molecule has 120 valence electrons. The van der Waals surface area contributed by atoms with Crippen molar-refractivity contribution in [2.75, 3.05) is 17.7 Å². The number of nitrogens with one attached hydrogen (secondary N) is 2. The number of aromatic nitrogens is 1. The second-order valence-corrected chi connectivity index (χ2v) is 5.58. The fourth-order valence-electron chi connectivity index (χ4n) is 2.92. The van der Waals surface area contributed by atoms with E-state index in [-0.39, 0.29) is 12.6 Å². The predicted molar refractivity (Wildman–Crippen MR) is 91.6 cm³/mol. The van der Waals surface area contributed by atoms with Crippen molar-refractivity contribution in [2.24, 2.45) is 0 Å². The molecule has 0 amide bonds. The number of benzene rings is 1. The first-order valence-electron chi connectivity index (χ1n) is 7.64. The van der Waals surface area contributed by atoms with Crippen molar-refractivity contribution in [2.45, 2.75) is 6.04 Å². The molecule has 6 nitrogen and oxygen atoms in total. The molecule has 3 heterocycles. The summed E-state index contributed by atoms with van der Waals surface area (Å²) in [6.07, 6.45) is 3.57. The fraction of sp³-hybridized carbons (Fsp3) is 0.111. The Labute approximate surface area is 139 Å². The largest absolute Gasteiger partial charge is 0.460 e. The SMILES string of the molecule is Nc1cc(C2=C(Nc3ccccc3)C3=CCOC(=O)C3N2)ccn1. The van der Waals surface area contributed by atoms with Crippen LogP contribution in [-0.2, 0) is 9.53 Å². The summed E-state index contributed by atoms with van der Waals surface area (Å²) in [4.78, 5) is 16.1. The number of nitrogens with two attached hydrogens (primary N) is 1. The van der Waals surface area contributed by atoms with Crippen molar-refractivity contribution < 1.29 is 9.53 Å². The first-order chi connectivity index (χ1) is 11.7. The van der Waals surface area contributed by atoms with Crippen LogP contribution in [0.2, 0.25) is 0 Å². The fourth-order valence-corrected chi connectivity index (χ4v) is 2.92. The van der Waals surface area contributed by atoms with Gasteiger partial charge in [0.1, 0.15) is 12.4 Å². The molecule has 1 atom stereocenters. The summed E-state index contributed by atoms with van der Waals surface area (Å²) < 4.78 is 5.13. The lowest BCUT2D eigenvalue weighted by Gasteiger charge is -2.19. The maximum Gasteiger partial charge on any atom is 0.333 e. The molecule has 2 aromatic rings. The first-order valence-corrected chi connectivity index (χ1v) is 7.64. The standard InChI is InChI=1S/C18H16N4O2/c19-14-10-11(6-8-20-14)15-16(21-12-4-2-1-3-5-12)13-7-9-24-18(23)17(13)22-15/h1-8,10,17,21-22H,9H2,(H2,19,20). The molecule has 4 rings (SSSR count). The van der Waals surface area contributed by atoms with E-state index in [4.69, 9.17) is 10.5 Å². The van der Waals surface area contributed by atoms with Gasteiger partial charge in [-0.3, -0.25) is 0 Å². The van der Waals surface area contributed by atoms with Crippen LogP contribution in [0.5, 0.6) is 0 Å². The Morgan fingerprint density at radius 3 is 2.88 bits per heavy atom. The summed E-state index contributed by atoms with van der Waals surface area (Å²) in [6, 6.07) is 12.9. The first kappa shape index (κ1) is 14.3. The quantitative estimate of drug-likeness (QED) is 0.749. The summed E-state index contributed by atoms with van der Waals surface area (Å²) in [5.41, 5.74) is 10.2. The molecule has 0 bridgehead atoms. The number of carbonyl (C=O) groups excluding carboxylic acids is 1. The maximum atomic E-state index is 12.1. The van der Waals surface area contributed by atoms with Gasteiger partial charge in [0, 0.05) is 23.0 Å². The van der Waals surface area contributed by atoms with Crippen molar-refractivity contribution in [1.82, 2.24) is 10.3 Å². The zero-order valence-corrected chi connectivity index (χ0v) is 12.8. The average molecular weight is 320 g/mol. The zero-order valence-electron chi connectivity index (χ0n) is 12.8. The van der Waals surface area contributed by atoms with Gasteiger partial charge in [-0.1, -0.05) is 18.2 Å². The summed E-state index contributed by atoms with van der Waals surface area (Å²) >= 11 is 0. The summed E-state index contributed by atoms with van der Waals surface area (Å²) in [7, 11) is 0. The van der Waals surface area contributed by atoms with Crippen LogP contribution < -0.4 is 16.4 Å². The molecule has 0 spiro atoms. The molecule has 1 unspecified atom stereocenters. The van der Waals surface area contributed by atoms with E-state index in [1.807, 2.05) is 42.5 Å². The summed E-state index contributed by atoms with van der Waals surface area (Å²) in [5.74, 6) is 0.143. The van der Waals surface area contributed by atoms with Crippen LogP contribution in [-0.4, -0.2) is 23.6 Å². The summed E-state index contributed by atoms with van der Waals surface area (Å²) in [6.45, 7) is 0.276. The van der Waals surface area contributed by atoms with Gasteiger partial charge < -0.3 is 21.1 Å². The minimum Gasteiger partial charge on any atom is -0.460 e. The summed E-state index contributed by atoms with van der Waals surface area (Å²) in [5, 5.41) is 6.66. The Bertz CT molecular complexity index is 858. The lowest BCUT2D eigenvalue weighted by atomic mass is 10.0. The van der Waals surface area contributed by atoms with Gasteiger partial charge in [0.05, 0.1) is 11.4 Å². The number of esters is 1. The number of rotatable bonds is 3. The number of hydrogen-bond donors (Lipinski definition) is 3. The molecule has 2 aliphatic rings. The Balaban J connectivity index is 1.81. The van der Waals surface area contributed by atoms with E-state index in [9.17, 15) is 4.79 Å². The molecule has 1 aromatic carbocycles. The lowest BCUT2D eigenvalue weighted by molar-refractivity contribution is -0.144. The number of nitrogen functional groups attached to an aromatic ring is 1. The van der Waals surface area contributed by atoms with Crippen LogP contribution in [0.25, 0.3) is 5.70 Å². The van der Waals surface area contributed by atoms with Crippen molar-refractivity contribution in [3.63, 3.8) is 0 Å². The number of ether oxygens (including phenoxy) is 1. The second-order valence-electron chi connectivity index (χ2n) is 5.58. The van der Waals surface area contributed by atoms with Crippen LogP contribution in [0, 0.1) is 0 Å². The van der Waals surface area contributed by atoms with E-state index < -0.39 is 6.04 Å². The predicted octanol–water partition coefficient (Wildman–Crippen LogP) is 1.90. The third-order valence-corrected chi connectivity index (χ3v) is 4.02. The van der Waals surface area contributed by atoms with E-state index in [0.29, 0.717) is 5.82 Å². The van der Waals surface area contributed by atoms with E-state index in [2.05, 4.69) is 15.6 Å². The minimum absolute atomic E-state index is 0.276. The van der Waals surface area contributed by atoms with Crippen molar-refractivity contribution in [3.05, 3.63) is 71.6 Å². The average Bonchev–Trinajstić information content (AvgIpc) is 2.96. The van der Waals surface area contributed by atoms with Crippen LogP contribution in [0.1, 0.15) is 5.56 Å². The van der Waals surface area contributed by atoms with Gasteiger partial charge in [0.2, 0.25) is 0 Å². The number of hydrogen-bond acceptors (Lipinski definition) is 6. The molecule has 0 fully saturated rings. The highest BCUT2D eigenvalue weighted by Gasteiger charge is 2.37. The van der Waals surface area contributed by atoms with E-state index >= 15 is 0 Å². The van der Waals surface area contributed by atoms with Gasteiger partial charge in [-0.2, -0.15) is 0 Å². The lowest BCUT2D eigenvalue weighted by Crippen LogP contribution is -2.37. The minimum atomic E-state index is -0.505. The topological polar surface area (TPSA) is 89.3 Å². The third kappa shape index (κ3) is 2.48. The Morgan fingerprint density at radius 1 is 1.25 bits per heavy atom. The zero-order chi connectivity index (χ0) is 16.5. The normalized spacial score (nSPS) is 19.2. The van der Waals surface area contributed by atoms with Crippen LogP contribution >= 0.6 is 0 Å². The molecule has 2 aliphatic heterocycles. The number of cyclic esters (lactones) is 1. The number of pyridine rings is 1. The molecule has 1 aromatic heterocycles. The van der Waals surface area contributed by atoms with Gasteiger partial charge in [0.15, 0.2) is 6.04 Å². The number of fused-ring (bicyclic) bond motifs is 1. The monoisotopic (exact) mass is 320 g/mol. The van der Waals surface area contributed by atoms with Gasteiger partial charge >= 0.3 is 5.97 Å². The molecule has 0 saturated carbocycles. The van der Waals surface area contributed by atoms with Crippen molar-refractivity contribution in [1.29, 1.82) is 0 Å². The van der Waals surface area contributed by atoms with Crippen molar-refractivity contribution in [3.8, 4) is 0 Å². The number of nitrogens with zero attached hydrogens (tertiary/aromatic N) is 1. The Morgan fingerprint density at radius 2 is 2.08 bits per heavy atom. The molecule has 6 heteroatoms. The highest BCUT2D eigenvalue weighted by atomic mass is 16.5. The molecule has 4 N–H and O–H groups in total. The molecule has 0 aliphatic carbocycles. The smallest absolute Gasteiger partial charge is 0.333 e. The molecular formula is C18H16N4O2. The highest BCUT2D eigenvalue weighted by molar-refractivity contribution is 5.92. The van der Waals surface area contributed by atoms with E-state index in [1.54, 1.807) is 12.3 Å². The van der Waals surface area contributed by atoms with E-state index in [1.165, 1.54) is 0 Å². The third-order valence-electron chi connectivity index (χ3n) is 4.02. The van der Waals surface area contributed by atoms with Gasteiger partial charge in [-0.05, 0) is 30.3 Å². The molecule has 24 heavy (non-hydrogen) atoms. The van der Waals surface area contributed by atoms with Crippen LogP contribution in [0.15, 0.2) is 66.0 Å². The van der Waals surface area contributed by atoms with Gasteiger partial charge in [-0.15, -0.1) is 0 Å².